The molecule has 0 bridgehead atoms. The Balaban J connectivity index is 1.63. The standard InChI is InChI=1S/C8H13BrN2O2/c9-1-8(12)11-2-6(3-11)10-7-4-13-5-7/h6-7,10H,1-5H2. The van der Waals surface area contributed by atoms with E-state index in [0.717, 1.165) is 26.3 Å². The summed E-state index contributed by atoms with van der Waals surface area (Å²) in [6, 6.07) is 1.00. The lowest BCUT2D eigenvalue weighted by atomic mass is 10.1. The van der Waals surface area contributed by atoms with E-state index in [2.05, 4.69) is 21.2 Å². The Labute approximate surface area is 85.7 Å². The van der Waals surface area contributed by atoms with Crippen molar-refractivity contribution in [2.24, 2.45) is 0 Å². The number of ether oxygens (including phenoxy) is 1. The van der Waals surface area contributed by atoms with Crippen LogP contribution >= 0.6 is 15.9 Å². The van der Waals surface area contributed by atoms with E-state index in [1.54, 1.807) is 0 Å². The number of alkyl halides is 1. The summed E-state index contributed by atoms with van der Waals surface area (Å²) in [5.74, 6) is 0.183. The predicted octanol–water partition coefficient (Wildman–Crippen LogP) is -0.420. The Morgan fingerprint density at radius 1 is 1.46 bits per heavy atom. The Morgan fingerprint density at radius 2 is 2.15 bits per heavy atom. The van der Waals surface area contributed by atoms with Gasteiger partial charge in [-0.15, -0.1) is 0 Å². The number of likely N-dealkylation sites (tertiary alicyclic amines) is 1. The number of halogens is 1. The summed E-state index contributed by atoms with van der Waals surface area (Å²) in [7, 11) is 0. The minimum atomic E-state index is 0.183. The minimum absolute atomic E-state index is 0.183. The molecule has 1 amide bonds. The molecule has 4 nitrogen and oxygen atoms in total. The van der Waals surface area contributed by atoms with E-state index < -0.39 is 0 Å². The van der Waals surface area contributed by atoms with Crippen LogP contribution in [0.4, 0.5) is 0 Å². The molecule has 0 unspecified atom stereocenters. The van der Waals surface area contributed by atoms with E-state index >= 15 is 0 Å². The van der Waals surface area contributed by atoms with Crippen LogP contribution in [0.15, 0.2) is 0 Å². The maximum atomic E-state index is 11.1. The van der Waals surface area contributed by atoms with Gasteiger partial charge in [0.1, 0.15) is 0 Å². The summed E-state index contributed by atoms with van der Waals surface area (Å²) in [4.78, 5) is 13.0. The Kier molecular flexibility index (Phi) is 2.86. The van der Waals surface area contributed by atoms with E-state index in [4.69, 9.17) is 4.74 Å². The highest BCUT2D eigenvalue weighted by atomic mass is 79.9. The van der Waals surface area contributed by atoms with Crippen molar-refractivity contribution >= 4 is 21.8 Å². The topological polar surface area (TPSA) is 41.6 Å². The van der Waals surface area contributed by atoms with Crippen LogP contribution in [0.3, 0.4) is 0 Å². The fourth-order valence-corrected chi connectivity index (χ4v) is 1.89. The number of hydrogen-bond acceptors (Lipinski definition) is 3. The lowest BCUT2D eigenvalue weighted by molar-refractivity contribution is -0.133. The van der Waals surface area contributed by atoms with Gasteiger partial charge in [-0.05, 0) is 0 Å². The van der Waals surface area contributed by atoms with Crippen LogP contribution in [0.25, 0.3) is 0 Å². The second-order valence-electron chi connectivity index (χ2n) is 3.53. The van der Waals surface area contributed by atoms with Crippen molar-refractivity contribution in [2.75, 3.05) is 31.6 Å². The van der Waals surface area contributed by atoms with E-state index in [-0.39, 0.29) is 5.91 Å². The second kappa shape index (κ2) is 3.94. The molecule has 2 aliphatic heterocycles. The SMILES string of the molecule is O=C(CBr)N1CC(NC2COC2)C1. The van der Waals surface area contributed by atoms with Crippen molar-refractivity contribution in [2.45, 2.75) is 12.1 Å². The van der Waals surface area contributed by atoms with Crippen molar-refractivity contribution in [3.05, 3.63) is 0 Å². The summed E-state index contributed by atoms with van der Waals surface area (Å²) in [6.07, 6.45) is 0. The Hall–Kier alpha value is -0.130. The minimum Gasteiger partial charge on any atom is -0.378 e. The molecule has 2 aliphatic rings. The van der Waals surface area contributed by atoms with Crippen LogP contribution in [0, 0.1) is 0 Å². The number of carbonyl (C=O) groups excluding carboxylic acids is 1. The highest BCUT2D eigenvalue weighted by Crippen LogP contribution is 2.11. The number of nitrogens with one attached hydrogen (secondary N) is 1. The van der Waals surface area contributed by atoms with Gasteiger partial charge >= 0.3 is 0 Å². The first-order valence-electron chi connectivity index (χ1n) is 4.47. The largest absolute Gasteiger partial charge is 0.378 e. The van der Waals surface area contributed by atoms with Crippen molar-refractivity contribution in [3.63, 3.8) is 0 Å². The van der Waals surface area contributed by atoms with Crippen LogP contribution in [0.1, 0.15) is 0 Å². The number of amides is 1. The monoisotopic (exact) mass is 248 g/mol. The van der Waals surface area contributed by atoms with E-state index in [9.17, 15) is 4.79 Å². The summed E-state index contributed by atoms with van der Waals surface area (Å²) >= 11 is 3.15. The van der Waals surface area contributed by atoms with Crippen LogP contribution in [0.5, 0.6) is 0 Å². The molecule has 2 rings (SSSR count). The third-order valence-corrected chi connectivity index (χ3v) is 2.94. The fourth-order valence-electron chi connectivity index (χ4n) is 1.54. The molecular weight excluding hydrogens is 236 g/mol. The van der Waals surface area contributed by atoms with Crippen LogP contribution in [-0.2, 0) is 9.53 Å². The van der Waals surface area contributed by atoms with Gasteiger partial charge in [0.15, 0.2) is 0 Å². The summed E-state index contributed by atoms with van der Waals surface area (Å²) < 4.78 is 5.05. The molecule has 74 valence electrons. The smallest absolute Gasteiger partial charge is 0.233 e. The van der Waals surface area contributed by atoms with Crippen molar-refractivity contribution < 1.29 is 9.53 Å². The van der Waals surface area contributed by atoms with Gasteiger partial charge in [0.2, 0.25) is 5.91 Å². The molecule has 1 N–H and O–H groups in total. The van der Waals surface area contributed by atoms with Gasteiger partial charge in [-0.25, -0.2) is 0 Å². The normalized spacial score (nSPS) is 23.9. The molecule has 2 heterocycles. The quantitative estimate of drug-likeness (QED) is 0.691. The van der Waals surface area contributed by atoms with Gasteiger partial charge in [0.25, 0.3) is 0 Å². The van der Waals surface area contributed by atoms with E-state index in [1.807, 2.05) is 4.90 Å². The highest BCUT2D eigenvalue weighted by molar-refractivity contribution is 9.09. The molecular formula is C8H13BrN2O2. The zero-order valence-corrected chi connectivity index (χ0v) is 8.92. The fraction of sp³-hybridized carbons (Fsp3) is 0.875. The lowest BCUT2D eigenvalue weighted by Crippen LogP contribution is -2.64. The van der Waals surface area contributed by atoms with Crippen LogP contribution in [0.2, 0.25) is 0 Å². The van der Waals surface area contributed by atoms with Gasteiger partial charge in [-0.3, -0.25) is 4.79 Å². The molecule has 0 aromatic heterocycles. The Morgan fingerprint density at radius 3 is 2.62 bits per heavy atom. The maximum absolute atomic E-state index is 11.1. The van der Waals surface area contributed by atoms with Crippen molar-refractivity contribution in [3.8, 4) is 0 Å². The lowest BCUT2D eigenvalue weighted by Gasteiger charge is -2.43. The number of rotatable bonds is 3. The molecule has 0 aromatic carbocycles. The maximum Gasteiger partial charge on any atom is 0.233 e. The highest BCUT2D eigenvalue weighted by Gasteiger charge is 2.32. The zero-order valence-electron chi connectivity index (χ0n) is 7.33. The van der Waals surface area contributed by atoms with E-state index in [1.165, 1.54) is 0 Å². The van der Waals surface area contributed by atoms with Crippen LogP contribution in [-0.4, -0.2) is 54.5 Å². The number of nitrogens with zero attached hydrogens (tertiary/aromatic N) is 1. The first-order chi connectivity index (χ1) is 6.29. The predicted molar refractivity (Wildman–Crippen MR) is 51.9 cm³/mol. The average Bonchev–Trinajstić information content (AvgIpc) is 1.97. The molecule has 0 saturated carbocycles. The number of carbonyl (C=O) groups is 1. The molecule has 13 heavy (non-hydrogen) atoms. The molecule has 2 fully saturated rings. The van der Waals surface area contributed by atoms with Gasteiger partial charge in [-0.2, -0.15) is 0 Å². The molecule has 0 aromatic rings. The molecule has 0 spiro atoms. The first-order valence-corrected chi connectivity index (χ1v) is 5.59. The van der Waals surface area contributed by atoms with Gasteiger partial charge < -0.3 is 15.0 Å². The van der Waals surface area contributed by atoms with Crippen molar-refractivity contribution in [1.29, 1.82) is 0 Å². The van der Waals surface area contributed by atoms with Crippen molar-refractivity contribution in [1.82, 2.24) is 10.2 Å². The third-order valence-electron chi connectivity index (χ3n) is 2.46. The Bertz CT molecular complexity index is 202. The van der Waals surface area contributed by atoms with Gasteiger partial charge in [-0.1, -0.05) is 15.9 Å². The van der Waals surface area contributed by atoms with Gasteiger partial charge in [0, 0.05) is 19.1 Å². The number of hydrogen-bond donors (Lipinski definition) is 1. The van der Waals surface area contributed by atoms with E-state index in [0.29, 0.717) is 17.4 Å². The molecule has 0 radical (unpaired) electrons. The molecule has 2 saturated heterocycles. The first kappa shape index (κ1) is 9.43. The zero-order chi connectivity index (χ0) is 9.26. The third kappa shape index (κ3) is 2.03. The molecule has 0 atom stereocenters. The molecule has 0 aliphatic carbocycles. The van der Waals surface area contributed by atoms with Gasteiger partial charge in [0.05, 0.1) is 24.6 Å². The van der Waals surface area contributed by atoms with Crippen LogP contribution < -0.4 is 5.32 Å². The summed E-state index contributed by atoms with van der Waals surface area (Å²) in [6.45, 7) is 3.34. The average molecular weight is 249 g/mol. The second-order valence-corrected chi connectivity index (χ2v) is 4.09. The summed E-state index contributed by atoms with van der Waals surface area (Å²) in [5.41, 5.74) is 0. The summed E-state index contributed by atoms with van der Waals surface area (Å²) in [5, 5.41) is 3.86. The molecule has 5 heteroatoms.